The lowest BCUT2D eigenvalue weighted by Crippen LogP contribution is -2.34. The molecule has 7 nitrogen and oxygen atoms in total. The molecule has 0 atom stereocenters. The van der Waals surface area contributed by atoms with Crippen LogP contribution >= 0.6 is 0 Å². The van der Waals surface area contributed by atoms with Gasteiger partial charge in [0.25, 0.3) is 0 Å². The maximum absolute atomic E-state index is 5.15. The van der Waals surface area contributed by atoms with Gasteiger partial charge < -0.3 is 14.2 Å². The minimum Gasteiger partial charge on any atom is -0.467 e. The minimum atomic E-state index is 0.431. The van der Waals surface area contributed by atoms with Gasteiger partial charge in [-0.25, -0.2) is 4.98 Å². The fraction of sp³-hybridized carbons (Fsp3) is 0.571. The first-order chi connectivity index (χ1) is 10.2. The van der Waals surface area contributed by atoms with Crippen LogP contribution in [0, 0.1) is 6.92 Å². The number of anilines is 1. The number of hydrogen-bond donors (Lipinski definition) is 0. The highest BCUT2D eigenvalue weighted by atomic mass is 16.5. The van der Waals surface area contributed by atoms with Gasteiger partial charge in [-0.1, -0.05) is 0 Å². The van der Waals surface area contributed by atoms with E-state index in [0.717, 1.165) is 43.3 Å². The second kappa shape index (κ2) is 5.67. The fourth-order valence-corrected chi connectivity index (χ4v) is 2.81. The summed E-state index contributed by atoms with van der Waals surface area (Å²) < 4.78 is 7.16. The van der Waals surface area contributed by atoms with E-state index in [1.807, 2.05) is 24.6 Å². The monoisotopic (exact) mass is 288 g/mol. The predicted molar refractivity (Wildman–Crippen MR) is 78.5 cm³/mol. The Morgan fingerprint density at radius 1 is 1.24 bits per heavy atom. The van der Waals surface area contributed by atoms with Gasteiger partial charge in [0.05, 0.1) is 7.11 Å². The van der Waals surface area contributed by atoms with Gasteiger partial charge in [-0.05, 0) is 19.8 Å². The molecule has 1 fully saturated rings. The molecule has 0 aromatic carbocycles. The number of aromatic nitrogens is 5. The molecule has 0 unspecified atom stereocenters. The molecule has 3 rings (SSSR count). The van der Waals surface area contributed by atoms with Crippen molar-refractivity contribution < 1.29 is 4.74 Å². The molecule has 0 spiro atoms. The third-order valence-corrected chi connectivity index (χ3v) is 3.93. The maximum Gasteiger partial charge on any atom is 0.318 e. The van der Waals surface area contributed by atoms with Gasteiger partial charge in [0.1, 0.15) is 18.0 Å². The zero-order valence-corrected chi connectivity index (χ0v) is 12.7. The molecule has 21 heavy (non-hydrogen) atoms. The highest BCUT2D eigenvalue weighted by Crippen LogP contribution is 2.28. The molecule has 0 saturated carbocycles. The zero-order valence-electron chi connectivity index (χ0n) is 12.7. The van der Waals surface area contributed by atoms with E-state index in [4.69, 9.17) is 4.74 Å². The molecule has 3 heterocycles. The van der Waals surface area contributed by atoms with Crippen molar-refractivity contribution >= 4 is 5.82 Å². The van der Waals surface area contributed by atoms with Crippen molar-refractivity contribution in [2.24, 2.45) is 7.05 Å². The van der Waals surface area contributed by atoms with Crippen molar-refractivity contribution in [1.82, 2.24) is 24.7 Å². The Labute approximate surface area is 124 Å². The van der Waals surface area contributed by atoms with E-state index in [9.17, 15) is 0 Å². The number of methoxy groups -OCH3 is 1. The quantitative estimate of drug-likeness (QED) is 0.848. The number of aryl methyl sites for hydroxylation is 2. The molecule has 1 aliphatic rings. The van der Waals surface area contributed by atoms with Gasteiger partial charge in [-0.15, -0.1) is 10.2 Å². The first kappa shape index (κ1) is 13.8. The molecule has 0 amide bonds. The van der Waals surface area contributed by atoms with Crippen LogP contribution < -0.4 is 9.64 Å². The lowest BCUT2D eigenvalue weighted by Gasteiger charge is -2.32. The van der Waals surface area contributed by atoms with Crippen molar-refractivity contribution in [3.05, 3.63) is 23.9 Å². The molecule has 2 aromatic heterocycles. The van der Waals surface area contributed by atoms with Gasteiger partial charge >= 0.3 is 6.01 Å². The topological polar surface area (TPSA) is 69.0 Å². The van der Waals surface area contributed by atoms with E-state index in [0.29, 0.717) is 11.9 Å². The Morgan fingerprint density at radius 3 is 2.62 bits per heavy atom. The van der Waals surface area contributed by atoms with Gasteiger partial charge in [0, 0.05) is 37.8 Å². The molecule has 0 radical (unpaired) electrons. The molecular formula is C14H20N6O. The zero-order chi connectivity index (χ0) is 14.8. The summed E-state index contributed by atoms with van der Waals surface area (Å²) in [6.07, 6.45) is 3.87. The van der Waals surface area contributed by atoms with E-state index in [2.05, 4.69) is 25.1 Å². The van der Waals surface area contributed by atoms with Crippen LogP contribution in [0.3, 0.4) is 0 Å². The highest BCUT2D eigenvalue weighted by molar-refractivity contribution is 5.41. The predicted octanol–water partition coefficient (Wildman–Crippen LogP) is 1.31. The average molecular weight is 288 g/mol. The smallest absolute Gasteiger partial charge is 0.318 e. The van der Waals surface area contributed by atoms with Crippen LogP contribution in [-0.2, 0) is 7.05 Å². The third kappa shape index (κ3) is 2.81. The third-order valence-electron chi connectivity index (χ3n) is 3.93. The fourth-order valence-electron chi connectivity index (χ4n) is 2.81. The Kier molecular flexibility index (Phi) is 3.72. The number of ether oxygens (including phenoxy) is 1. The van der Waals surface area contributed by atoms with Gasteiger partial charge in [0.2, 0.25) is 0 Å². The van der Waals surface area contributed by atoms with Crippen LogP contribution in [-0.4, -0.2) is 44.9 Å². The standard InChI is InChI=1S/C14H20N6O/c1-10-8-12(17-14(16-10)21-3)20-6-4-11(5-7-20)13-18-15-9-19(13)2/h8-9,11H,4-7H2,1-3H3. The van der Waals surface area contributed by atoms with E-state index in [-0.39, 0.29) is 0 Å². The molecular weight excluding hydrogens is 268 g/mol. The minimum absolute atomic E-state index is 0.431. The van der Waals surface area contributed by atoms with Crippen LogP contribution in [0.25, 0.3) is 0 Å². The first-order valence-electron chi connectivity index (χ1n) is 7.16. The maximum atomic E-state index is 5.15. The van der Waals surface area contributed by atoms with E-state index >= 15 is 0 Å². The van der Waals surface area contributed by atoms with Gasteiger partial charge in [0.15, 0.2) is 0 Å². The second-order valence-electron chi connectivity index (χ2n) is 5.42. The van der Waals surface area contributed by atoms with Crippen molar-refractivity contribution in [3.8, 4) is 6.01 Å². The van der Waals surface area contributed by atoms with Gasteiger partial charge in [-0.2, -0.15) is 4.98 Å². The molecule has 1 aliphatic heterocycles. The lowest BCUT2D eigenvalue weighted by molar-refractivity contribution is 0.377. The summed E-state index contributed by atoms with van der Waals surface area (Å²) in [4.78, 5) is 11.0. The Balaban J connectivity index is 1.71. The van der Waals surface area contributed by atoms with Crippen LogP contribution in [0.5, 0.6) is 6.01 Å². The Morgan fingerprint density at radius 2 is 2.00 bits per heavy atom. The molecule has 2 aromatic rings. The van der Waals surface area contributed by atoms with Crippen molar-refractivity contribution in [2.75, 3.05) is 25.1 Å². The average Bonchev–Trinajstić information content (AvgIpc) is 2.93. The van der Waals surface area contributed by atoms with Gasteiger partial charge in [-0.3, -0.25) is 0 Å². The summed E-state index contributed by atoms with van der Waals surface area (Å²) in [5.41, 5.74) is 0.923. The van der Waals surface area contributed by atoms with Crippen LogP contribution in [0.4, 0.5) is 5.82 Å². The molecule has 0 bridgehead atoms. The summed E-state index contributed by atoms with van der Waals surface area (Å²) in [5.74, 6) is 2.49. The first-order valence-corrected chi connectivity index (χ1v) is 7.16. The SMILES string of the molecule is COc1nc(C)cc(N2CCC(c3nncn3C)CC2)n1. The molecule has 7 heteroatoms. The van der Waals surface area contributed by atoms with E-state index < -0.39 is 0 Å². The normalized spacial score (nSPS) is 16.2. The lowest BCUT2D eigenvalue weighted by atomic mass is 9.96. The summed E-state index contributed by atoms with van der Waals surface area (Å²) in [6.45, 7) is 3.87. The molecule has 0 N–H and O–H groups in total. The number of rotatable bonds is 3. The largest absolute Gasteiger partial charge is 0.467 e. The number of nitrogens with zero attached hydrogens (tertiary/aromatic N) is 6. The van der Waals surface area contributed by atoms with Crippen molar-refractivity contribution in [1.29, 1.82) is 0 Å². The van der Waals surface area contributed by atoms with E-state index in [1.165, 1.54) is 0 Å². The summed E-state index contributed by atoms with van der Waals surface area (Å²) >= 11 is 0. The van der Waals surface area contributed by atoms with E-state index in [1.54, 1.807) is 13.4 Å². The Hall–Kier alpha value is -2.18. The number of hydrogen-bond acceptors (Lipinski definition) is 6. The van der Waals surface area contributed by atoms with Crippen molar-refractivity contribution in [3.63, 3.8) is 0 Å². The second-order valence-corrected chi connectivity index (χ2v) is 5.42. The molecule has 1 saturated heterocycles. The molecule has 0 aliphatic carbocycles. The summed E-state index contributed by atoms with van der Waals surface area (Å²) in [5, 5.41) is 8.20. The van der Waals surface area contributed by atoms with Crippen LogP contribution in [0.15, 0.2) is 12.4 Å². The Bertz CT molecular complexity index is 618. The number of piperidine rings is 1. The summed E-state index contributed by atoms with van der Waals surface area (Å²) in [6, 6.07) is 2.44. The van der Waals surface area contributed by atoms with Crippen LogP contribution in [0.1, 0.15) is 30.3 Å². The summed E-state index contributed by atoms with van der Waals surface area (Å²) in [7, 11) is 3.60. The molecule has 112 valence electrons. The highest BCUT2D eigenvalue weighted by Gasteiger charge is 2.25. The van der Waals surface area contributed by atoms with Crippen molar-refractivity contribution in [2.45, 2.75) is 25.7 Å². The van der Waals surface area contributed by atoms with Crippen LogP contribution in [0.2, 0.25) is 0 Å².